The summed E-state index contributed by atoms with van der Waals surface area (Å²) in [7, 11) is 0. The summed E-state index contributed by atoms with van der Waals surface area (Å²) in [6.07, 6.45) is 3.52. The van der Waals surface area contributed by atoms with Gasteiger partial charge in [0.25, 0.3) is 0 Å². The van der Waals surface area contributed by atoms with Crippen LogP contribution in [-0.2, 0) is 0 Å². The smallest absolute Gasteiger partial charge is 0.190 e. The minimum Gasteiger partial charge on any atom is -0.236 e. The topological polar surface area (TPSA) is 41.6 Å². The lowest BCUT2D eigenvalue weighted by molar-refractivity contribution is 1.11. The van der Waals surface area contributed by atoms with E-state index in [1.165, 1.54) is 10.9 Å². The third kappa shape index (κ3) is 0.767. The number of aromatic nitrogens is 2. The van der Waals surface area contributed by atoms with E-state index >= 15 is 0 Å². The molecular weight excluding hydrogens is 138 g/mol. The van der Waals surface area contributed by atoms with Crippen LogP contribution < -0.4 is 0 Å². The van der Waals surface area contributed by atoms with Gasteiger partial charge in [-0.2, -0.15) is 5.26 Å². The SMILES string of the molecule is N#Cn1cnc2ccccc21. The first kappa shape index (κ1) is 5.93. The highest BCUT2D eigenvalue weighted by Gasteiger charge is 1.97. The van der Waals surface area contributed by atoms with E-state index < -0.39 is 0 Å². The standard InChI is InChI=1S/C8H5N3/c9-5-11-6-10-7-3-1-2-4-8(7)11/h1-4,6H. The molecular formula is C8H5N3. The van der Waals surface area contributed by atoms with E-state index in [-0.39, 0.29) is 0 Å². The Morgan fingerprint density at radius 1 is 1.36 bits per heavy atom. The highest BCUT2D eigenvalue weighted by Crippen LogP contribution is 2.09. The van der Waals surface area contributed by atoms with Gasteiger partial charge in [0, 0.05) is 0 Å². The molecule has 0 aliphatic heterocycles. The summed E-state index contributed by atoms with van der Waals surface area (Å²) in [6, 6.07) is 7.53. The quantitative estimate of drug-likeness (QED) is 0.558. The van der Waals surface area contributed by atoms with Gasteiger partial charge < -0.3 is 0 Å². The minimum atomic E-state index is 0.856. The average molecular weight is 143 g/mol. The molecule has 0 amide bonds. The molecule has 1 heterocycles. The molecule has 0 radical (unpaired) electrons. The molecule has 0 saturated heterocycles. The Bertz CT molecular complexity index is 422. The zero-order chi connectivity index (χ0) is 7.68. The third-order valence-electron chi connectivity index (χ3n) is 1.56. The molecule has 0 fully saturated rings. The largest absolute Gasteiger partial charge is 0.236 e. The van der Waals surface area contributed by atoms with Crippen molar-refractivity contribution in [2.75, 3.05) is 0 Å². The van der Waals surface area contributed by atoms with Crippen LogP contribution in [0.3, 0.4) is 0 Å². The highest BCUT2D eigenvalue weighted by atomic mass is 15.0. The molecule has 0 saturated carbocycles. The predicted molar refractivity (Wildman–Crippen MR) is 40.7 cm³/mol. The molecule has 2 aromatic rings. The van der Waals surface area contributed by atoms with Crippen LogP contribution in [0, 0.1) is 11.5 Å². The molecule has 0 N–H and O–H groups in total. The second kappa shape index (κ2) is 2.10. The number of hydrogen-bond donors (Lipinski definition) is 0. The maximum atomic E-state index is 8.60. The maximum Gasteiger partial charge on any atom is 0.190 e. The molecule has 0 unspecified atom stereocenters. The van der Waals surface area contributed by atoms with E-state index in [1.54, 1.807) is 0 Å². The van der Waals surface area contributed by atoms with Crippen molar-refractivity contribution in [1.82, 2.24) is 9.55 Å². The zero-order valence-corrected chi connectivity index (χ0v) is 5.73. The van der Waals surface area contributed by atoms with E-state index in [2.05, 4.69) is 4.98 Å². The predicted octanol–water partition coefficient (Wildman–Crippen LogP) is 1.37. The number of nitriles is 1. The lowest BCUT2D eigenvalue weighted by Crippen LogP contribution is -1.82. The number of imidazole rings is 1. The molecule has 11 heavy (non-hydrogen) atoms. The van der Waals surface area contributed by atoms with Gasteiger partial charge in [0.2, 0.25) is 0 Å². The second-order valence-corrected chi connectivity index (χ2v) is 2.20. The summed E-state index contributed by atoms with van der Waals surface area (Å²) in [4.78, 5) is 4.03. The molecule has 0 spiro atoms. The molecule has 1 aromatic heterocycles. The Morgan fingerprint density at radius 2 is 2.18 bits per heavy atom. The van der Waals surface area contributed by atoms with Gasteiger partial charge in [0.1, 0.15) is 6.33 Å². The summed E-state index contributed by atoms with van der Waals surface area (Å²) in [5.41, 5.74) is 1.71. The van der Waals surface area contributed by atoms with Crippen LogP contribution in [0.5, 0.6) is 0 Å². The number of nitrogens with zero attached hydrogens (tertiary/aromatic N) is 3. The van der Waals surface area contributed by atoms with Crippen molar-refractivity contribution in [3.05, 3.63) is 30.6 Å². The van der Waals surface area contributed by atoms with Gasteiger partial charge in [-0.15, -0.1) is 0 Å². The molecule has 0 atom stereocenters. The van der Waals surface area contributed by atoms with E-state index in [0.29, 0.717) is 0 Å². The Labute approximate surface area is 63.5 Å². The third-order valence-corrected chi connectivity index (χ3v) is 1.56. The van der Waals surface area contributed by atoms with Gasteiger partial charge in [0.15, 0.2) is 6.19 Å². The van der Waals surface area contributed by atoms with Crippen molar-refractivity contribution < 1.29 is 0 Å². The highest BCUT2D eigenvalue weighted by molar-refractivity contribution is 5.75. The van der Waals surface area contributed by atoms with Gasteiger partial charge >= 0.3 is 0 Å². The lowest BCUT2D eigenvalue weighted by Gasteiger charge is -1.87. The fraction of sp³-hybridized carbons (Fsp3) is 0. The van der Waals surface area contributed by atoms with Crippen molar-refractivity contribution in [1.29, 1.82) is 5.26 Å². The zero-order valence-electron chi connectivity index (χ0n) is 5.73. The second-order valence-electron chi connectivity index (χ2n) is 2.20. The number of hydrogen-bond acceptors (Lipinski definition) is 2. The Balaban J connectivity index is 2.89. The molecule has 3 nitrogen and oxygen atoms in total. The number of fused-ring (bicyclic) bond motifs is 1. The maximum absolute atomic E-state index is 8.60. The van der Waals surface area contributed by atoms with E-state index in [4.69, 9.17) is 5.26 Å². The first-order valence-corrected chi connectivity index (χ1v) is 3.24. The summed E-state index contributed by atoms with van der Waals surface area (Å²) in [5.74, 6) is 0. The molecule has 3 heteroatoms. The van der Waals surface area contributed by atoms with Gasteiger partial charge in [0.05, 0.1) is 11.0 Å². The van der Waals surface area contributed by atoms with Gasteiger partial charge in [-0.25, -0.2) is 9.55 Å². The van der Waals surface area contributed by atoms with Crippen LogP contribution in [0.15, 0.2) is 30.6 Å². The monoisotopic (exact) mass is 143 g/mol. The molecule has 0 aliphatic carbocycles. The minimum absolute atomic E-state index is 0.856. The van der Waals surface area contributed by atoms with Crippen molar-refractivity contribution in [2.45, 2.75) is 0 Å². The van der Waals surface area contributed by atoms with Gasteiger partial charge in [-0.1, -0.05) is 12.1 Å². The fourth-order valence-electron chi connectivity index (χ4n) is 1.04. The molecule has 52 valence electrons. The average Bonchev–Trinajstić information content (AvgIpc) is 2.47. The number of benzene rings is 1. The van der Waals surface area contributed by atoms with Crippen molar-refractivity contribution >= 4 is 11.0 Å². The van der Waals surface area contributed by atoms with Crippen molar-refractivity contribution in [2.24, 2.45) is 0 Å². The van der Waals surface area contributed by atoms with E-state index in [1.807, 2.05) is 30.5 Å². The molecule has 2 rings (SSSR count). The molecule has 0 bridgehead atoms. The van der Waals surface area contributed by atoms with E-state index in [0.717, 1.165) is 11.0 Å². The van der Waals surface area contributed by atoms with Crippen LogP contribution in [0.4, 0.5) is 0 Å². The Kier molecular flexibility index (Phi) is 1.13. The Hall–Kier alpha value is -1.82. The van der Waals surface area contributed by atoms with Crippen molar-refractivity contribution in [3.8, 4) is 6.19 Å². The lowest BCUT2D eigenvalue weighted by atomic mass is 10.3. The summed E-state index contributed by atoms with van der Waals surface area (Å²) in [5, 5.41) is 8.60. The summed E-state index contributed by atoms with van der Waals surface area (Å²) >= 11 is 0. The summed E-state index contributed by atoms with van der Waals surface area (Å²) in [6.45, 7) is 0. The normalized spacial score (nSPS) is 9.73. The number of para-hydroxylation sites is 2. The van der Waals surface area contributed by atoms with Crippen LogP contribution in [0.25, 0.3) is 11.0 Å². The fourth-order valence-corrected chi connectivity index (χ4v) is 1.04. The van der Waals surface area contributed by atoms with Gasteiger partial charge in [-0.05, 0) is 12.1 Å². The van der Waals surface area contributed by atoms with Gasteiger partial charge in [-0.3, -0.25) is 0 Å². The van der Waals surface area contributed by atoms with Crippen molar-refractivity contribution in [3.63, 3.8) is 0 Å². The first-order chi connectivity index (χ1) is 5.42. The summed E-state index contributed by atoms with van der Waals surface area (Å²) < 4.78 is 1.44. The van der Waals surface area contributed by atoms with Crippen LogP contribution in [0.1, 0.15) is 0 Å². The van der Waals surface area contributed by atoms with Crippen LogP contribution in [0.2, 0.25) is 0 Å². The Morgan fingerprint density at radius 3 is 3.00 bits per heavy atom. The van der Waals surface area contributed by atoms with Crippen LogP contribution in [-0.4, -0.2) is 9.55 Å². The first-order valence-electron chi connectivity index (χ1n) is 3.24. The van der Waals surface area contributed by atoms with E-state index in [9.17, 15) is 0 Å². The molecule has 1 aromatic carbocycles. The molecule has 0 aliphatic rings. The van der Waals surface area contributed by atoms with Crippen LogP contribution >= 0.6 is 0 Å². The number of rotatable bonds is 0.